The van der Waals surface area contributed by atoms with Crippen molar-refractivity contribution in [2.24, 2.45) is 5.73 Å². The zero-order valence-electron chi connectivity index (χ0n) is 9.48. The molecular weight excluding hydrogens is 246 g/mol. The molecule has 2 heterocycles. The summed E-state index contributed by atoms with van der Waals surface area (Å²) >= 11 is 1.59. The van der Waals surface area contributed by atoms with Gasteiger partial charge in [0.15, 0.2) is 0 Å². The van der Waals surface area contributed by atoms with E-state index in [0.717, 1.165) is 11.1 Å². The molecule has 1 unspecified atom stereocenters. The Kier molecular flexibility index (Phi) is 2.92. The Morgan fingerprint density at radius 3 is 2.67 bits per heavy atom. The molecule has 0 amide bonds. The van der Waals surface area contributed by atoms with Crippen molar-refractivity contribution in [1.82, 2.24) is 10.2 Å². The van der Waals surface area contributed by atoms with Crippen LogP contribution in [-0.4, -0.2) is 10.2 Å². The van der Waals surface area contributed by atoms with Gasteiger partial charge in [-0.2, -0.15) is 11.3 Å². The van der Waals surface area contributed by atoms with Crippen molar-refractivity contribution < 1.29 is 4.42 Å². The molecule has 0 aliphatic rings. The molecular formula is C13H11N3OS. The van der Waals surface area contributed by atoms with Crippen LogP contribution < -0.4 is 5.73 Å². The van der Waals surface area contributed by atoms with Crippen LogP contribution in [0.2, 0.25) is 0 Å². The molecule has 0 radical (unpaired) electrons. The minimum Gasteiger partial charge on any atom is -0.419 e. The van der Waals surface area contributed by atoms with Crippen LogP contribution in [0.5, 0.6) is 0 Å². The minimum absolute atomic E-state index is 0.383. The van der Waals surface area contributed by atoms with Crippen LogP contribution in [-0.2, 0) is 0 Å². The van der Waals surface area contributed by atoms with E-state index in [2.05, 4.69) is 10.2 Å². The minimum atomic E-state index is -0.383. The maximum atomic E-state index is 6.09. The van der Waals surface area contributed by atoms with Gasteiger partial charge in [-0.3, -0.25) is 0 Å². The lowest BCUT2D eigenvalue weighted by Crippen LogP contribution is -2.11. The summed E-state index contributed by atoms with van der Waals surface area (Å²) in [7, 11) is 0. The molecule has 90 valence electrons. The van der Waals surface area contributed by atoms with Crippen LogP contribution in [0.25, 0.3) is 11.5 Å². The number of hydrogen-bond donors (Lipinski definition) is 1. The number of thiophene rings is 1. The second kappa shape index (κ2) is 4.72. The second-order valence-electron chi connectivity index (χ2n) is 3.85. The maximum absolute atomic E-state index is 6.09. The second-order valence-corrected chi connectivity index (χ2v) is 4.63. The quantitative estimate of drug-likeness (QED) is 0.783. The first kappa shape index (κ1) is 11.1. The van der Waals surface area contributed by atoms with Crippen LogP contribution in [0.4, 0.5) is 0 Å². The Hall–Kier alpha value is -1.98. The van der Waals surface area contributed by atoms with Gasteiger partial charge in [0.1, 0.15) is 6.04 Å². The molecule has 0 spiro atoms. The Labute approximate surface area is 108 Å². The number of nitrogens with zero attached hydrogens (tertiary/aromatic N) is 2. The third-order valence-electron chi connectivity index (χ3n) is 2.63. The van der Waals surface area contributed by atoms with E-state index in [-0.39, 0.29) is 6.04 Å². The lowest BCUT2D eigenvalue weighted by Gasteiger charge is -2.05. The van der Waals surface area contributed by atoms with E-state index in [9.17, 15) is 0 Å². The third-order valence-corrected chi connectivity index (χ3v) is 3.32. The van der Waals surface area contributed by atoms with Gasteiger partial charge in [-0.15, -0.1) is 10.2 Å². The highest BCUT2D eigenvalue weighted by molar-refractivity contribution is 7.08. The zero-order chi connectivity index (χ0) is 12.4. The molecule has 0 fully saturated rings. The summed E-state index contributed by atoms with van der Waals surface area (Å²) in [6, 6.07) is 11.3. The van der Waals surface area contributed by atoms with E-state index >= 15 is 0 Å². The SMILES string of the molecule is NC(c1ccccc1)c1nnc(-c2ccsc2)o1. The highest BCUT2D eigenvalue weighted by Gasteiger charge is 2.16. The summed E-state index contributed by atoms with van der Waals surface area (Å²) in [6.45, 7) is 0. The van der Waals surface area contributed by atoms with Gasteiger partial charge in [0.2, 0.25) is 11.8 Å². The van der Waals surface area contributed by atoms with E-state index < -0.39 is 0 Å². The fraction of sp³-hybridized carbons (Fsp3) is 0.0769. The van der Waals surface area contributed by atoms with Crippen LogP contribution in [0.3, 0.4) is 0 Å². The van der Waals surface area contributed by atoms with Gasteiger partial charge in [0.25, 0.3) is 0 Å². The van der Waals surface area contributed by atoms with Gasteiger partial charge in [0.05, 0.1) is 0 Å². The molecule has 0 aliphatic carbocycles. The Bertz CT molecular complexity index is 619. The van der Waals surface area contributed by atoms with Gasteiger partial charge in [-0.1, -0.05) is 30.3 Å². The largest absolute Gasteiger partial charge is 0.419 e. The molecule has 1 atom stereocenters. The van der Waals surface area contributed by atoms with Gasteiger partial charge in [-0.25, -0.2) is 0 Å². The van der Waals surface area contributed by atoms with Crippen molar-refractivity contribution in [2.45, 2.75) is 6.04 Å². The van der Waals surface area contributed by atoms with E-state index in [1.807, 2.05) is 47.2 Å². The highest BCUT2D eigenvalue weighted by Crippen LogP contribution is 2.24. The van der Waals surface area contributed by atoms with Crippen molar-refractivity contribution in [1.29, 1.82) is 0 Å². The Morgan fingerprint density at radius 1 is 1.11 bits per heavy atom. The molecule has 3 aromatic rings. The molecule has 2 aromatic heterocycles. The van der Waals surface area contributed by atoms with Crippen molar-refractivity contribution in [3.8, 4) is 11.5 Å². The molecule has 0 saturated carbocycles. The topological polar surface area (TPSA) is 64.9 Å². The molecule has 5 heteroatoms. The van der Waals surface area contributed by atoms with Gasteiger partial charge >= 0.3 is 0 Å². The summed E-state index contributed by atoms with van der Waals surface area (Å²) in [4.78, 5) is 0. The number of hydrogen-bond acceptors (Lipinski definition) is 5. The average molecular weight is 257 g/mol. The zero-order valence-corrected chi connectivity index (χ0v) is 10.3. The van der Waals surface area contributed by atoms with E-state index in [4.69, 9.17) is 10.2 Å². The van der Waals surface area contributed by atoms with E-state index in [1.165, 1.54) is 0 Å². The third kappa shape index (κ3) is 2.05. The predicted molar refractivity (Wildman–Crippen MR) is 70.1 cm³/mol. The van der Waals surface area contributed by atoms with Crippen LogP contribution >= 0.6 is 11.3 Å². The summed E-state index contributed by atoms with van der Waals surface area (Å²) in [5.74, 6) is 0.944. The standard InChI is InChI=1S/C13H11N3OS/c14-11(9-4-2-1-3-5-9)13-16-15-12(17-13)10-6-7-18-8-10/h1-8,11H,14H2. The first-order valence-electron chi connectivity index (χ1n) is 5.51. The molecule has 0 saturated heterocycles. The van der Waals surface area contributed by atoms with Crippen molar-refractivity contribution in [3.63, 3.8) is 0 Å². The van der Waals surface area contributed by atoms with Crippen molar-refractivity contribution in [3.05, 3.63) is 58.6 Å². The van der Waals surface area contributed by atoms with Crippen molar-refractivity contribution >= 4 is 11.3 Å². The number of rotatable bonds is 3. The fourth-order valence-corrected chi connectivity index (χ4v) is 2.30. The molecule has 3 rings (SSSR count). The molecule has 0 bridgehead atoms. The number of aromatic nitrogens is 2. The lowest BCUT2D eigenvalue weighted by atomic mass is 10.1. The smallest absolute Gasteiger partial charge is 0.248 e. The van der Waals surface area contributed by atoms with Gasteiger partial charge in [-0.05, 0) is 17.0 Å². The Balaban J connectivity index is 1.90. The molecule has 18 heavy (non-hydrogen) atoms. The summed E-state index contributed by atoms with van der Waals surface area (Å²) in [6.07, 6.45) is 0. The number of nitrogens with two attached hydrogens (primary N) is 1. The summed E-state index contributed by atoms with van der Waals surface area (Å²) in [5.41, 5.74) is 7.98. The predicted octanol–water partition coefficient (Wildman–Crippen LogP) is 2.85. The lowest BCUT2D eigenvalue weighted by molar-refractivity contribution is 0.484. The normalized spacial score (nSPS) is 12.5. The Morgan fingerprint density at radius 2 is 1.94 bits per heavy atom. The summed E-state index contributed by atoms with van der Waals surface area (Å²) < 4.78 is 5.60. The summed E-state index contributed by atoms with van der Waals surface area (Å²) in [5, 5.41) is 12.0. The molecule has 4 nitrogen and oxygen atoms in total. The highest BCUT2D eigenvalue weighted by atomic mass is 32.1. The van der Waals surface area contributed by atoms with Crippen LogP contribution in [0, 0.1) is 0 Å². The van der Waals surface area contributed by atoms with Gasteiger partial charge < -0.3 is 10.2 Å². The van der Waals surface area contributed by atoms with E-state index in [1.54, 1.807) is 11.3 Å². The maximum Gasteiger partial charge on any atom is 0.248 e. The van der Waals surface area contributed by atoms with Gasteiger partial charge in [0, 0.05) is 10.9 Å². The fourth-order valence-electron chi connectivity index (χ4n) is 1.67. The van der Waals surface area contributed by atoms with Crippen molar-refractivity contribution in [2.75, 3.05) is 0 Å². The first-order chi connectivity index (χ1) is 8.84. The average Bonchev–Trinajstić information content (AvgIpc) is 3.09. The molecule has 2 N–H and O–H groups in total. The molecule has 0 aliphatic heterocycles. The molecule has 1 aromatic carbocycles. The van der Waals surface area contributed by atoms with E-state index in [0.29, 0.717) is 11.8 Å². The monoisotopic (exact) mass is 257 g/mol. The first-order valence-corrected chi connectivity index (χ1v) is 6.45. The number of benzene rings is 1. The van der Waals surface area contributed by atoms with Crippen LogP contribution in [0.15, 0.2) is 51.6 Å². The van der Waals surface area contributed by atoms with Crippen LogP contribution in [0.1, 0.15) is 17.5 Å².